The summed E-state index contributed by atoms with van der Waals surface area (Å²) in [5, 5.41) is 0. The van der Waals surface area contributed by atoms with Crippen LogP contribution in [0.5, 0.6) is 0 Å². The number of hydrogen-bond acceptors (Lipinski definition) is 3. The first-order valence-electron chi connectivity index (χ1n) is 5.25. The lowest BCUT2D eigenvalue weighted by Crippen LogP contribution is -2.48. The van der Waals surface area contributed by atoms with Gasteiger partial charge in [-0.2, -0.15) is 0 Å². The molecule has 0 aromatic heterocycles. The van der Waals surface area contributed by atoms with Crippen molar-refractivity contribution >= 4 is 8.80 Å². The molecule has 1 aliphatic rings. The lowest BCUT2D eigenvalue weighted by molar-refractivity contribution is 0.114. The van der Waals surface area contributed by atoms with Crippen LogP contribution in [0.25, 0.3) is 0 Å². The topological polar surface area (TPSA) is 27.7 Å². The van der Waals surface area contributed by atoms with Crippen LogP contribution in [-0.2, 0) is 13.3 Å². The van der Waals surface area contributed by atoms with Crippen molar-refractivity contribution < 1.29 is 13.3 Å². The average molecular weight is 228 g/mol. The SMILES string of the molecule is CCC(C1=CC=CC1)[Si](OC)(OC)OC. The van der Waals surface area contributed by atoms with Gasteiger partial charge in [-0.15, -0.1) is 0 Å². The zero-order valence-corrected chi connectivity index (χ0v) is 10.9. The van der Waals surface area contributed by atoms with Crippen molar-refractivity contribution in [2.24, 2.45) is 0 Å². The summed E-state index contributed by atoms with van der Waals surface area (Å²) in [5.41, 5.74) is 1.63. The molecule has 0 saturated heterocycles. The summed E-state index contributed by atoms with van der Waals surface area (Å²) in [7, 11) is 2.49. The lowest BCUT2D eigenvalue weighted by atomic mass is 10.1. The van der Waals surface area contributed by atoms with E-state index in [1.807, 2.05) is 0 Å². The maximum Gasteiger partial charge on any atom is 0.507 e. The predicted molar refractivity (Wildman–Crippen MR) is 62.7 cm³/mol. The molecule has 0 aromatic rings. The van der Waals surface area contributed by atoms with E-state index in [-0.39, 0.29) is 5.54 Å². The molecule has 0 aliphatic heterocycles. The smallest absolute Gasteiger partial charge is 0.376 e. The van der Waals surface area contributed by atoms with Gasteiger partial charge in [0.1, 0.15) is 0 Å². The molecule has 0 heterocycles. The minimum atomic E-state index is -2.52. The Balaban J connectivity index is 2.87. The van der Waals surface area contributed by atoms with Crippen molar-refractivity contribution in [3.63, 3.8) is 0 Å². The van der Waals surface area contributed by atoms with Crippen molar-refractivity contribution in [1.82, 2.24) is 0 Å². The largest absolute Gasteiger partial charge is 0.507 e. The Morgan fingerprint density at radius 2 is 1.87 bits per heavy atom. The standard InChI is InChI=1S/C11H20O3Si/c1-5-11(10-8-6-7-9-10)15(12-2,13-3)14-4/h6-8,11H,5,9H2,1-4H3. The summed E-state index contributed by atoms with van der Waals surface area (Å²) in [4.78, 5) is 0. The molecule has 0 amide bonds. The minimum absolute atomic E-state index is 0.271. The first-order chi connectivity index (χ1) is 7.24. The molecule has 1 atom stereocenters. The van der Waals surface area contributed by atoms with E-state index in [1.54, 1.807) is 21.3 Å². The van der Waals surface area contributed by atoms with Gasteiger partial charge in [-0.3, -0.25) is 0 Å². The fourth-order valence-electron chi connectivity index (χ4n) is 2.14. The molecule has 0 spiro atoms. The number of hydrogen-bond donors (Lipinski definition) is 0. The molecule has 3 nitrogen and oxygen atoms in total. The maximum absolute atomic E-state index is 5.53. The van der Waals surface area contributed by atoms with Crippen LogP contribution in [0.2, 0.25) is 5.54 Å². The molecule has 1 unspecified atom stereocenters. The van der Waals surface area contributed by atoms with Crippen LogP contribution in [0.15, 0.2) is 23.8 Å². The first kappa shape index (κ1) is 12.6. The van der Waals surface area contributed by atoms with E-state index in [9.17, 15) is 0 Å². The number of allylic oxidation sites excluding steroid dienone is 4. The second-order valence-corrected chi connectivity index (χ2v) is 6.68. The summed E-state index contributed by atoms with van der Waals surface area (Å²) < 4.78 is 16.6. The van der Waals surface area contributed by atoms with Gasteiger partial charge < -0.3 is 13.3 Å². The molecule has 0 radical (unpaired) electrons. The minimum Gasteiger partial charge on any atom is -0.376 e. The van der Waals surface area contributed by atoms with Crippen molar-refractivity contribution in [2.75, 3.05) is 21.3 Å². The Bertz CT molecular complexity index is 248. The van der Waals surface area contributed by atoms with Gasteiger partial charge in [-0.25, -0.2) is 0 Å². The van der Waals surface area contributed by atoms with Crippen LogP contribution in [0.3, 0.4) is 0 Å². The van der Waals surface area contributed by atoms with E-state index in [0.29, 0.717) is 0 Å². The number of rotatable bonds is 6. The van der Waals surface area contributed by atoms with Gasteiger partial charge in [0.2, 0.25) is 0 Å². The van der Waals surface area contributed by atoms with Crippen molar-refractivity contribution in [1.29, 1.82) is 0 Å². The zero-order chi connectivity index (χ0) is 11.3. The maximum atomic E-state index is 5.53. The molecular formula is C11H20O3Si. The van der Waals surface area contributed by atoms with E-state index in [4.69, 9.17) is 13.3 Å². The van der Waals surface area contributed by atoms with E-state index in [1.165, 1.54) is 5.57 Å². The summed E-state index contributed by atoms with van der Waals surface area (Å²) in [6.45, 7) is 2.14. The Labute approximate surface area is 93.1 Å². The van der Waals surface area contributed by atoms with Gasteiger partial charge in [0.15, 0.2) is 0 Å². The highest BCUT2D eigenvalue weighted by Gasteiger charge is 2.47. The van der Waals surface area contributed by atoms with Crippen LogP contribution in [0, 0.1) is 0 Å². The summed E-state index contributed by atoms with van der Waals surface area (Å²) >= 11 is 0. The Hall–Kier alpha value is -0.423. The lowest BCUT2D eigenvalue weighted by Gasteiger charge is -2.32. The Kier molecular flexibility index (Phi) is 4.72. The molecule has 1 aliphatic carbocycles. The predicted octanol–water partition coefficient (Wildman–Crippen LogP) is 2.53. The van der Waals surface area contributed by atoms with E-state index in [2.05, 4.69) is 25.2 Å². The van der Waals surface area contributed by atoms with Gasteiger partial charge in [0, 0.05) is 21.3 Å². The normalized spacial score (nSPS) is 18.0. The van der Waals surface area contributed by atoms with Crippen LogP contribution in [0.4, 0.5) is 0 Å². The average Bonchev–Trinajstić information content (AvgIpc) is 2.79. The molecule has 0 N–H and O–H groups in total. The van der Waals surface area contributed by atoms with Gasteiger partial charge in [-0.1, -0.05) is 30.7 Å². The second kappa shape index (κ2) is 5.60. The molecule has 0 aromatic carbocycles. The third-order valence-electron chi connectivity index (χ3n) is 2.94. The molecule has 0 bridgehead atoms. The molecule has 4 heteroatoms. The van der Waals surface area contributed by atoms with Crippen LogP contribution in [-0.4, -0.2) is 30.1 Å². The summed E-state index contributed by atoms with van der Waals surface area (Å²) in [6.07, 6.45) is 8.35. The van der Waals surface area contributed by atoms with Crippen molar-refractivity contribution in [3.05, 3.63) is 23.8 Å². The van der Waals surface area contributed by atoms with E-state index >= 15 is 0 Å². The third-order valence-corrected chi connectivity index (χ3v) is 6.28. The Morgan fingerprint density at radius 1 is 1.27 bits per heavy atom. The second-order valence-electron chi connectivity index (χ2n) is 3.55. The molecule has 0 saturated carbocycles. The highest BCUT2D eigenvalue weighted by molar-refractivity contribution is 6.63. The summed E-state index contributed by atoms with van der Waals surface area (Å²) in [5.74, 6) is 0. The van der Waals surface area contributed by atoms with Gasteiger partial charge in [0.25, 0.3) is 0 Å². The molecule has 86 valence electrons. The monoisotopic (exact) mass is 228 g/mol. The molecular weight excluding hydrogens is 208 g/mol. The quantitative estimate of drug-likeness (QED) is 0.654. The van der Waals surface area contributed by atoms with Gasteiger partial charge >= 0.3 is 8.80 Å². The van der Waals surface area contributed by atoms with Crippen LogP contribution < -0.4 is 0 Å². The van der Waals surface area contributed by atoms with Gasteiger partial charge in [-0.05, 0) is 12.8 Å². The highest BCUT2D eigenvalue weighted by atomic mass is 28.4. The van der Waals surface area contributed by atoms with Crippen molar-refractivity contribution in [3.8, 4) is 0 Å². The van der Waals surface area contributed by atoms with E-state index < -0.39 is 8.80 Å². The highest BCUT2D eigenvalue weighted by Crippen LogP contribution is 2.37. The van der Waals surface area contributed by atoms with Gasteiger partial charge in [0.05, 0.1) is 5.54 Å². The van der Waals surface area contributed by atoms with E-state index in [0.717, 1.165) is 12.8 Å². The van der Waals surface area contributed by atoms with Crippen molar-refractivity contribution in [2.45, 2.75) is 25.3 Å². The molecule has 15 heavy (non-hydrogen) atoms. The fraction of sp³-hybridized carbons (Fsp3) is 0.636. The first-order valence-corrected chi connectivity index (χ1v) is 7.05. The van der Waals surface area contributed by atoms with Crippen LogP contribution in [0.1, 0.15) is 19.8 Å². The van der Waals surface area contributed by atoms with Crippen LogP contribution >= 0.6 is 0 Å². The third kappa shape index (κ3) is 2.39. The zero-order valence-electron chi connectivity index (χ0n) is 9.95. The molecule has 1 rings (SSSR count). The molecule has 0 fully saturated rings. The fourth-order valence-corrected chi connectivity index (χ4v) is 4.66. The summed E-state index contributed by atoms with van der Waals surface area (Å²) in [6, 6.07) is 0. The Morgan fingerprint density at radius 3 is 2.20 bits per heavy atom.